The van der Waals surface area contributed by atoms with Crippen LogP contribution < -0.4 is 4.18 Å². The van der Waals surface area contributed by atoms with Crippen LogP contribution in [0, 0.1) is 0 Å². The molecule has 0 unspecified atom stereocenters. The van der Waals surface area contributed by atoms with Gasteiger partial charge >= 0.3 is 10.1 Å². The first-order chi connectivity index (χ1) is 16.3. The number of Topliss-reactive ketones (excluding diaryl/α,β-unsaturated/α-hetero) is 1. The molecule has 8 heteroatoms. The zero-order valence-electron chi connectivity index (χ0n) is 19.1. The maximum absolute atomic E-state index is 13.5. The number of ketones is 1. The minimum atomic E-state index is -4.20. The van der Waals surface area contributed by atoms with E-state index in [-0.39, 0.29) is 16.4 Å². The molecule has 3 aromatic carbocycles. The van der Waals surface area contributed by atoms with Gasteiger partial charge < -0.3 is 8.92 Å². The lowest BCUT2D eigenvalue weighted by Crippen LogP contribution is -2.54. The molecule has 0 aromatic heterocycles. The van der Waals surface area contributed by atoms with Gasteiger partial charge in [-0.25, -0.2) is 0 Å². The van der Waals surface area contributed by atoms with Crippen molar-refractivity contribution in [3.8, 4) is 5.75 Å². The van der Waals surface area contributed by atoms with E-state index in [0.717, 1.165) is 4.90 Å². The third kappa shape index (κ3) is 5.52. The van der Waals surface area contributed by atoms with E-state index in [4.69, 9.17) is 8.92 Å². The van der Waals surface area contributed by atoms with Crippen LogP contribution >= 0.6 is 11.8 Å². The molecular weight excluding hydrogens is 470 g/mol. The lowest BCUT2D eigenvalue weighted by molar-refractivity contribution is -0.00430. The van der Waals surface area contributed by atoms with Crippen molar-refractivity contribution in [3.05, 3.63) is 84.4 Å². The Morgan fingerprint density at radius 1 is 0.941 bits per heavy atom. The average Bonchev–Trinajstić information content (AvgIpc) is 2.85. The largest absolute Gasteiger partial charge is 0.379 e. The van der Waals surface area contributed by atoms with Crippen LogP contribution in [0.25, 0.3) is 0 Å². The lowest BCUT2D eigenvalue weighted by Gasteiger charge is -2.39. The molecule has 0 spiro atoms. The van der Waals surface area contributed by atoms with E-state index in [1.54, 1.807) is 42.5 Å². The predicted octanol–water partition coefficient (Wildman–Crippen LogP) is 4.90. The molecule has 6 nitrogen and oxygen atoms in total. The number of hydrogen-bond acceptors (Lipinski definition) is 7. The summed E-state index contributed by atoms with van der Waals surface area (Å²) in [6.07, 6.45) is 0. The predicted molar refractivity (Wildman–Crippen MR) is 132 cm³/mol. The van der Waals surface area contributed by atoms with Crippen molar-refractivity contribution in [2.24, 2.45) is 0 Å². The molecule has 1 aliphatic rings. The van der Waals surface area contributed by atoms with Crippen LogP contribution in [-0.2, 0) is 14.9 Å². The second kappa shape index (κ2) is 10.3. The summed E-state index contributed by atoms with van der Waals surface area (Å²) < 4.78 is 37.6. The third-order valence-corrected chi connectivity index (χ3v) is 8.25. The summed E-state index contributed by atoms with van der Waals surface area (Å²) in [6, 6.07) is 22.6. The Kier molecular flexibility index (Phi) is 7.42. The monoisotopic (exact) mass is 497 g/mol. The highest BCUT2D eigenvalue weighted by atomic mass is 32.2. The number of ether oxygens (including phenoxy) is 1. The summed E-state index contributed by atoms with van der Waals surface area (Å²) in [7, 11) is -4.20. The van der Waals surface area contributed by atoms with E-state index in [1.807, 2.05) is 44.2 Å². The average molecular weight is 498 g/mol. The van der Waals surface area contributed by atoms with Crippen molar-refractivity contribution in [1.82, 2.24) is 4.90 Å². The van der Waals surface area contributed by atoms with Gasteiger partial charge in [0.2, 0.25) is 0 Å². The van der Waals surface area contributed by atoms with Crippen LogP contribution in [0.3, 0.4) is 0 Å². The van der Waals surface area contributed by atoms with Crippen molar-refractivity contribution in [2.75, 3.05) is 26.3 Å². The number of benzene rings is 3. The first-order valence-electron chi connectivity index (χ1n) is 11.0. The van der Waals surface area contributed by atoms with Crippen LogP contribution in [0.5, 0.6) is 5.75 Å². The van der Waals surface area contributed by atoms with Gasteiger partial charge in [-0.3, -0.25) is 9.69 Å². The molecule has 0 aliphatic carbocycles. The van der Waals surface area contributed by atoms with Gasteiger partial charge in [0.05, 0.1) is 18.8 Å². The van der Waals surface area contributed by atoms with Gasteiger partial charge in [-0.2, -0.15) is 8.42 Å². The normalized spacial score (nSPS) is 15.1. The standard InChI is InChI=1S/C26H27NO5S2/c1-26(2,27-15-17-31-18-16-27)25(28)20-13-14-23(33-22-11-7-4-8-12-22)24(19-20)34(29,30)32-21-9-5-3-6-10-21/h3-14,19H,15-18H2,1-2H3. The Labute approximate surface area is 205 Å². The fourth-order valence-electron chi connectivity index (χ4n) is 3.81. The maximum atomic E-state index is 13.5. The summed E-state index contributed by atoms with van der Waals surface area (Å²) >= 11 is 1.31. The molecule has 34 heavy (non-hydrogen) atoms. The first-order valence-corrected chi connectivity index (χ1v) is 13.2. The topological polar surface area (TPSA) is 72.9 Å². The molecule has 0 saturated carbocycles. The van der Waals surface area contributed by atoms with Crippen molar-refractivity contribution >= 4 is 27.7 Å². The number of hydrogen-bond donors (Lipinski definition) is 0. The highest BCUT2D eigenvalue weighted by molar-refractivity contribution is 8.00. The van der Waals surface area contributed by atoms with E-state index in [0.29, 0.717) is 36.8 Å². The second-order valence-corrected chi connectivity index (χ2v) is 11.0. The van der Waals surface area contributed by atoms with Crippen molar-refractivity contribution in [2.45, 2.75) is 34.1 Å². The number of para-hydroxylation sites is 1. The van der Waals surface area contributed by atoms with Crippen LogP contribution in [0.15, 0.2) is 93.5 Å². The summed E-state index contributed by atoms with van der Waals surface area (Å²) in [5.74, 6) is 0.0605. The second-order valence-electron chi connectivity index (χ2n) is 8.41. The fraction of sp³-hybridized carbons (Fsp3) is 0.269. The van der Waals surface area contributed by atoms with E-state index in [9.17, 15) is 13.2 Å². The Hall–Kier alpha value is -2.65. The molecule has 1 heterocycles. The highest BCUT2D eigenvalue weighted by Gasteiger charge is 2.37. The van der Waals surface area contributed by atoms with Gasteiger partial charge in [0.25, 0.3) is 0 Å². The molecule has 0 N–H and O–H groups in total. The zero-order chi connectivity index (χ0) is 24.2. The van der Waals surface area contributed by atoms with Gasteiger partial charge in [-0.15, -0.1) is 0 Å². The van der Waals surface area contributed by atoms with Crippen LogP contribution in [0.2, 0.25) is 0 Å². The number of morpholine rings is 1. The summed E-state index contributed by atoms with van der Waals surface area (Å²) in [4.78, 5) is 17.0. The Bertz CT molecular complexity index is 1240. The van der Waals surface area contributed by atoms with E-state index < -0.39 is 15.7 Å². The van der Waals surface area contributed by atoms with Gasteiger partial charge in [0.1, 0.15) is 10.6 Å². The van der Waals surface area contributed by atoms with Crippen LogP contribution in [0.4, 0.5) is 0 Å². The third-order valence-electron chi connectivity index (χ3n) is 5.75. The number of nitrogens with zero attached hydrogens (tertiary/aromatic N) is 1. The molecule has 1 aliphatic heterocycles. The molecule has 1 saturated heterocycles. The SMILES string of the molecule is CC(C)(C(=O)c1ccc(Sc2ccccc2)c(S(=O)(=O)Oc2ccccc2)c1)N1CCOCC1. The molecule has 0 radical (unpaired) electrons. The summed E-state index contributed by atoms with van der Waals surface area (Å²) in [5, 5.41) is 0. The first kappa shape index (κ1) is 24.5. The molecule has 0 amide bonds. The molecule has 178 valence electrons. The molecule has 0 bridgehead atoms. The molecule has 3 aromatic rings. The van der Waals surface area contributed by atoms with Crippen LogP contribution in [0.1, 0.15) is 24.2 Å². The van der Waals surface area contributed by atoms with E-state index in [2.05, 4.69) is 4.90 Å². The molecule has 1 fully saturated rings. The molecule has 0 atom stereocenters. The summed E-state index contributed by atoms with van der Waals surface area (Å²) in [6.45, 7) is 6.14. The van der Waals surface area contributed by atoms with Gasteiger partial charge in [-0.05, 0) is 50.2 Å². The molecular formula is C26H27NO5S2. The van der Waals surface area contributed by atoms with Crippen molar-refractivity contribution in [1.29, 1.82) is 0 Å². The zero-order valence-corrected chi connectivity index (χ0v) is 20.8. The van der Waals surface area contributed by atoms with Crippen LogP contribution in [-0.4, -0.2) is 50.9 Å². The number of carbonyl (C=O) groups is 1. The van der Waals surface area contributed by atoms with Crippen molar-refractivity contribution in [3.63, 3.8) is 0 Å². The highest BCUT2D eigenvalue weighted by Crippen LogP contribution is 2.35. The maximum Gasteiger partial charge on any atom is 0.340 e. The van der Waals surface area contributed by atoms with Gasteiger partial charge in [0.15, 0.2) is 5.78 Å². The Morgan fingerprint density at radius 3 is 2.21 bits per heavy atom. The van der Waals surface area contributed by atoms with Gasteiger partial charge in [0, 0.05) is 28.4 Å². The number of rotatable bonds is 8. The Morgan fingerprint density at radius 2 is 1.56 bits per heavy atom. The minimum Gasteiger partial charge on any atom is -0.379 e. The number of carbonyl (C=O) groups excluding carboxylic acids is 1. The minimum absolute atomic E-state index is 0.0335. The van der Waals surface area contributed by atoms with E-state index >= 15 is 0 Å². The van der Waals surface area contributed by atoms with E-state index in [1.165, 1.54) is 17.8 Å². The Balaban J connectivity index is 1.73. The smallest absolute Gasteiger partial charge is 0.340 e. The molecule has 4 rings (SSSR count). The quantitative estimate of drug-likeness (QED) is 0.324. The summed E-state index contributed by atoms with van der Waals surface area (Å²) in [5.41, 5.74) is -0.483. The fourth-order valence-corrected chi connectivity index (χ4v) is 6.13. The lowest BCUT2D eigenvalue weighted by atomic mass is 9.91. The van der Waals surface area contributed by atoms with Crippen molar-refractivity contribution < 1.29 is 22.1 Å². The van der Waals surface area contributed by atoms with Gasteiger partial charge in [-0.1, -0.05) is 54.2 Å².